The number of ether oxygens (including phenoxy) is 1. The van der Waals surface area contributed by atoms with Crippen LogP contribution in [0.25, 0.3) is 6.08 Å². The maximum atomic E-state index is 14.7. The van der Waals surface area contributed by atoms with Crippen molar-refractivity contribution in [1.29, 1.82) is 0 Å². The summed E-state index contributed by atoms with van der Waals surface area (Å²) in [6.07, 6.45) is 3.82. The average Bonchev–Trinajstić information content (AvgIpc) is 3.43. The fraction of sp³-hybridized carbons (Fsp3) is 0.147. The van der Waals surface area contributed by atoms with Gasteiger partial charge in [-0.2, -0.15) is 0 Å². The quantitative estimate of drug-likeness (QED) is 0.187. The van der Waals surface area contributed by atoms with Crippen LogP contribution in [0.5, 0.6) is 5.75 Å². The van der Waals surface area contributed by atoms with Crippen molar-refractivity contribution in [3.8, 4) is 5.75 Å². The van der Waals surface area contributed by atoms with Crippen molar-refractivity contribution < 1.29 is 19.1 Å². The third-order valence-electron chi connectivity index (χ3n) is 8.65. The first-order valence-electron chi connectivity index (χ1n) is 13.3. The van der Waals surface area contributed by atoms with E-state index in [4.69, 9.17) is 27.9 Å². The molecule has 4 aromatic carbocycles. The Morgan fingerprint density at radius 1 is 0.854 bits per heavy atom. The van der Waals surface area contributed by atoms with Crippen molar-refractivity contribution in [2.75, 3.05) is 12.0 Å². The summed E-state index contributed by atoms with van der Waals surface area (Å²) in [5.74, 6) is -1.14. The molecule has 1 spiro atoms. The lowest BCUT2D eigenvalue weighted by Crippen LogP contribution is -2.48. The van der Waals surface area contributed by atoms with E-state index in [1.54, 1.807) is 73.8 Å². The molecule has 1 fully saturated rings. The molecule has 0 bridgehead atoms. The zero-order valence-electron chi connectivity index (χ0n) is 21.9. The first-order valence-corrected chi connectivity index (χ1v) is 14.0. The van der Waals surface area contributed by atoms with E-state index in [9.17, 15) is 14.4 Å². The summed E-state index contributed by atoms with van der Waals surface area (Å²) in [5.41, 5.74) is 1.72. The van der Waals surface area contributed by atoms with Crippen molar-refractivity contribution in [1.82, 2.24) is 0 Å². The Bertz CT molecular complexity index is 1760. The minimum atomic E-state index is -1.63. The number of hydrogen-bond acceptors (Lipinski definition) is 5. The minimum Gasteiger partial charge on any atom is -0.497 e. The number of methoxy groups -OCH3 is 1. The molecule has 1 aliphatic carbocycles. The fourth-order valence-corrected chi connectivity index (χ4v) is 7.47. The predicted molar refractivity (Wildman–Crippen MR) is 160 cm³/mol. The molecule has 0 amide bonds. The van der Waals surface area contributed by atoms with E-state index in [-0.39, 0.29) is 17.3 Å². The molecule has 2 heterocycles. The molecule has 4 aromatic rings. The second kappa shape index (κ2) is 9.44. The molecule has 202 valence electrons. The number of halogens is 2. The van der Waals surface area contributed by atoms with Crippen molar-refractivity contribution in [2.24, 2.45) is 5.41 Å². The van der Waals surface area contributed by atoms with Gasteiger partial charge in [0.2, 0.25) is 0 Å². The molecule has 0 unspecified atom stereocenters. The lowest BCUT2D eigenvalue weighted by molar-refractivity contribution is 0.0666. The molecule has 5 nitrogen and oxygen atoms in total. The Morgan fingerprint density at radius 2 is 1.51 bits per heavy atom. The first-order chi connectivity index (χ1) is 19.9. The highest BCUT2D eigenvalue weighted by molar-refractivity contribution is 6.36. The van der Waals surface area contributed by atoms with E-state index in [0.29, 0.717) is 38.0 Å². The zero-order chi connectivity index (χ0) is 28.5. The Labute approximate surface area is 247 Å². The summed E-state index contributed by atoms with van der Waals surface area (Å²) in [6, 6.07) is 24.8. The molecule has 1 saturated heterocycles. The van der Waals surface area contributed by atoms with E-state index in [2.05, 4.69) is 0 Å². The van der Waals surface area contributed by atoms with Crippen LogP contribution in [0.15, 0.2) is 97.1 Å². The lowest BCUT2D eigenvalue weighted by Gasteiger charge is -2.37. The molecule has 7 rings (SSSR count). The maximum Gasteiger partial charge on any atom is 0.185 e. The molecule has 0 saturated carbocycles. The van der Waals surface area contributed by atoms with Gasteiger partial charge >= 0.3 is 0 Å². The normalized spacial score (nSPS) is 21.5. The number of carbonyl (C=O) groups excluding carboxylic acids is 3. The van der Waals surface area contributed by atoms with Crippen LogP contribution in [0.3, 0.4) is 0 Å². The number of Topliss-reactive ketones (excluding diaryl/α,β-unsaturated/α-hetero) is 3. The van der Waals surface area contributed by atoms with E-state index in [1.165, 1.54) is 0 Å². The van der Waals surface area contributed by atoms with Crippen LogP contribution in [0.4, 0.5) is 5.69 Å². The number of rotatable bonds is 4. The Balaban J connectivity index is 1.55. The number of ketones is 3. The average molecular weight is 580 g/mol. The van der Waals surface area contributed by atoms with E-state index < -0.39 is 23.4 Å². The van der Waals surface area contributed by atoms with E-state index in [0.717, 1.165) is 11.3 Å². The van der Waals surface area contributed by atoms with Gasteiger partial charge in [0.1, 0.15) is 17.2 Å². The summed E-state index contributed by atoms with van der Waals surface area (Å²) in [6.45, 7) is 0. The molecular weight excluding hydrogens is 557 g/mol. The van der Waals surface area contributed by atoms with Crippen LogP contribution in [0.1, 0.15) is 48.1 Å². The highest BCUT2D eigenvalue weighted by Crippen LogP contribution is 2.61. The Kier molecular flexibility index (Phi) is 5.93. The first kappa shape index (κ1) is 25.8. The van der Waals surface area contributed by atoms with Crippen molar-refractivity contribution in [3.05, 3.63) is 135 Å². The number of nitrogens with zero attached hydrogens (tertiary/aromatic N) is 1. The van der Waals surface area contributed by atoms with Gasteiger partial charge in [0.25, 0.3) is 0 Å². The van der Waals surface area contributed by atoms with Crippen molar-refractivity contribution in [2.45, 2.75) is 18.0 Å². The fourth-order valence-electron chi connectivity index (χ4n) is 6.94. The highest BCUT2D eigenvalue weighted by Gasteiger charge is 2.71. The molecule has 41 heavy (non-hydrogen) atoms. The van der Waals surface area contributed by atoms with Crippen LogP contribution in [-0.2, 0) is 0 Å². The molecular formula is C34H23Cl2NO4. The minimum absolute atomic E-state index is 0.229. The number of carbonyl (C=O) groups is 3. The van der Waals surface area contributed by atoms with Gasteiger partial charge in [-0.15, -0.1) is 0 Å². The van der Waals surface area contributed by atoms with Crippen LogP contribution >= 0.6 is 23.2 Å². The summed E-state index contributed by atoms with van der Waals surface area (Å²) in [4.78, 5) is 46.0. The maximum absolute atomic E-state index is 14.7. The summed E-state index contributed by atoms with van der Waals surface area (Å²) < 4.78 is 5.31. The molecule has 3 atom stereocenters. The van der Waals surface area contributed by atoms with Crippen LogP contribution < -0.4 is 9.64 Å². The van der Waals surface area contributed by atoms with Gasteiger partial charge in [0.15, 0.2) is 17.3 Å². The highest BCUT2D eigenvalue weighted by atomic mass is 35.5. The van der Waals surface area contributed by atoms with Gasteiger partial charge in [0.05, 0.1) is 13.2 Å². The second-order valence-corrected chi connectivity index (χ2v) is 11.4. The number of fused-ring (bicyclic) bond motifs is 5. The van der Waals surface area contributed by atoms with Gasteiger partial charge in [-0.1, -0.05) is 83.9 Å². The summed E-state index contributed by atoms with van der Waals surface area (Å²) in [7, 11) is 1.56. The Hall–Kier alpha value is -4.19. The SMILES string of the molecule is COc1ccc(C(=O)[C@@H]2[C@H](c3ccc(Cl)cc3Cl)C3(C(=O)c4ccccc4C3=O)[C@@H]3C=Cc4ccccc4N23)cc1. The molecule has 0 radical (unpaired) electrons. The zero-order valence-corrected chi connectivity index (χ0v) is 23.4. The summed E-state index contributed by atoms with van der Waals surface area (Å²) in [5, 5.41) is 0.710. The predicted octanol–water partition coefficient (Wildman–Crippen LogP) is 7.32. The van der Waals surface area contributed by atoms with Gasteiger partial charge in [0, 0.05) is 38.3 Å². The lowest BCUT2D eigenvalue weighted by atomic mass is 9.64. The third kappa shape index (κ3) is 3.52. The van der Waals surface area contributed by atoms with Crippen LogP contribution in [0, 0.1) is 5.41 Å². The van der Waals surface area contributed by atoms with Gasteiger partial charge in [-0.25, -0.2) is 0 Å². The topological polar surface area (TPSA) is 63.7 Å². The molecule has 0 N–H and O–H groups in total. The number of hydrogen-bond donors (Lipinski definition) is 0. The smallest absolute Gasteiger partial charge is 0.185 e. The number of anilines is 1. The standard InChI is InChI=1S/C34H23Cl2NO4/c1-41-22-14-10-20(11-15-22)31(38)30-29(25-16-13-21(35)18-26(25)36)34(32(39)23-7-3-4-8-24(23)33(34)40)28-17-12-19-6-2-5-9-27(19)37(28)30/h2-18,28-30H,1H3/t28-,29-,30-/m0/s1. The third-order valence-corrected chi connectivity index (χ3v) is 9.22. The van der Waals surface area contributed by atoms with E-state index in [1.807, 2.05) is 41.3 Å². The molecule has 2 aliphatic heterocycles. The van der Waals surface area contributed by atoms with Gasteiger partial charge < -0.3 is 9.64 Å². The molecule has 0 aromatic heterocycles. The second-order valence-electron chi connectivity index (χ2n) is 10.5. The number of benzene rings is 4. The van der Waals surface area contributed by atoms with Crippen molar-refractivity contribution >= 4 is 52.3 Å². The largest absolute Gasteiger partial charge is 0.497 e. The molecule has 7 heteroatoms. The summed E-state index contributed by atoms with van der Waals surface area (Å²) >= 11 is 13.2. The molecule has 3 aliphatic rings. The van der Waals surface area contributed by atoms with Crippen LogP contribution in [-0.4, -0.2) is 36.5 Å². The number of para-hydroxylation sites is 1. The van der Waals surface area contributed by atoms with Gasteiger partial charge in [-0.05, 0) is 53.6 Å². The van der Waals surface area contributed by atoms with Crippen LogP contribution in [0.2, 0.25) is 10.0 Å². The monoisotopic (exact) mass is 579 g/mol. The van der Waals surface area contributed by atoms with Gasteiger partial charge in [-0.3, -0.25) is 14.4 Å². The van der Waals surface area contributed by atoms with Crippen molar-refractivity contribution in [3.63, 3.8) is 0 Å². The van der Waals surface area contributed by atoms with E-state index >= 15 is 0 Å². The Morgan fingerprint density at radius 3 is 2.17 bits per heavy atom.